The van der Waals surface area contributed by atoms with Gasteiger partial charge in [0.25, 0.3) is 0 Å². The number of carbonyl (C=O) groups is 1. The monoisotopic (exact) mass is 266 g/mol. The van der Waals surface area contributed by atoms with Crippen molar-refractivity contribution in [2.24, 2.45) is 5.73 Å². The molecule has 0 fully saturated rings. The van der Waals surface area contributed by atoms with Gasteiger partial charge in [-0.2, -0.15) is 0 Å². The molecule has 2 N–H and O–H groups in total. The summed E-state index contributed by atoms with van der Waals surface area (Å²) in [5.41, 5.74) is 7.23. The van der Waals surface area contributed by atoms with Crippen molar-refractivity contribution in [3.05, 3.63) is 29.8 Å². The highest BCUT2D eigenvalue weighted by Gasteiger charge is 2.10. The molecule has 0 aliphatic carbocycles. The number of hydrogen-bond acceptors (Lipinski definition) is 4. The number of nitrogens with zero attached hydrogens (tertiary/aromatic N) is 1. The summed E-state index contributed by atoms with van der Waals surface area (Å²) < 4.78 is 5.09. The Morgan fingerprint density at radius 2 is 2.17 bits per heavy atom. The molecule has 0 saturated heterocycles. The van der Waals surface area contributed by atoms with E-state index in [1.54, 1.807) is 4.90 Å². The molecule has 0 spiro atoms. The van der Waals surface area contributed by atoms with E-state index in [4.69, 9.17) is 22.7 Å². The van der Waals surface area contributed by atoms with Crippen LogP contribution in [-0.2, 0) is 9.53 Å². The first-order valence-corrected chi connectivity index (χ1v) is 6.11. The zero-order valence-electron chi connectivity index (χ0n) is 10.8. The van der Waals surface area contributed by atoms with Gasteiger partial charge in [-0.3, -0.25) is 4.79 Å². The van der Waals surface area contributed by atoms with Crippen molar-refractivity contribution in [1.29, 1.82) is 0 Å². The summed E-state index contributed by atoms with van der Waals surface area (Å²) in [6.07, 6.45) is -0.103. The number of ether oxygens (including phenoxy) is 1. The lowest BCUT2D eigenvalue weighted by Gasteiger charge is -2.19. The van der Waals surface area contributed by atoms with Crippen LogP contribution in [0.3, 0.4) is 0 Å². The van der Waals surface area contributed by atoms with E-state index in [1.165, 1.54) is 0 Å². The first-order chi connectivity index (χ1) is 8.40. The maximum atomic E-state index is 11.5. The fraction of sp³-hybridized carbons (Fsp3) is 0.385. The van der Waals surface area contributed by atoms with E-state index in [-0.39, 0.29) is 18.6 Å². The third kappa shape index (κ3) is 4.33. The Morgan fingerprint density at radius 1 is 1.50 bits per heavy atom. The summed E-state index contributed by atoms with van der Waals surface area (Å²) in [5.74, 6) is -0.256. The van der Waals surface area contributed by atoms with Crippen LogP contribution < -0.4 is 10.6 Å². The molecule has 0 amide bonds. The van der Waals surface area contributed by atoms with Gasteiger partial charge in [-0.25, -0.2) is 0 Å². The van der Waals surface area contributed by atoms with Crippen LogP contribution in [0.2, 0.25) is 0 Å². The Morgan fingerprint density at radius 3 is 2.72 bits per heavy atom. The number of likely N-dealkylation sites (N-methyl/N-ethyl adjacent to an activating group) is 1. The normalized spacial score (nSPS) is 10.2. The van der Waals surface area contributed by atoms with E-state index < -0.39 is 0 Å². The number of hydrogen-bond donors (Lipinski definition) is 1. The average molecular weight is 266 g/mol. The number of thiocarbonyl (C=S) groups is 1. The van der Waals surface area contributed by atoms with Crippen LogP contribution >= 0.6 is 12.2 Å². The molecule has 18 heavy (non-hydrogen) atoms. The minimum Gasteiger partial charge on any atom is -0.462 e. The van der Waals surface area contributed by atoms with Crippen LogP contribution in [0.5, 0.6) is 0 Å². The van der Waals surface area contributed by atoms with Gasteiger partial charge in [0.2, 0.25) is 0 Å². The van der Waals surface area contributed by atoms with Gasteiger partial charge in [-0.1, -0.05) is 24.4 Å². The molecule has 0 unspecified atom stereocenters. The van der Waals surface area contributed by atoms with Gasteiger partial charge < -0.3 is 15.4 Å². The summed E-state index contributed by atoms with van der Waals surface area (Å²) in [5, 5.41) is 0. The van der Waals surface area contributed by atoms with Crippen LogP contribution in [0, 0.1) is 0 Å². The van der Waals surface area contributed by atoms with Gasteiger partial charge in [-0.15, -0.1) is 0 Å². The molecular weight excluding hydrogens is 248 g/mol. The van der Waals surface area contributed by atoms with Crippen molar-refractivity contribution in [2.45, 2.75) is 20.0 Å². The predicted octanol–water partition coefficient (Wildman–Crippen LogP) is 1.71. The molecule has 0 aliphatic rings. The van der Waals surface area contributed by atoms with Crippen molar-refractivity contribution < 1.29 is 9.53 Å². The molecule has 0 atom stereocenters. The Bertz CT molecular complexity index is 446. The lowest BCUT2D eigenvalue weighted by Crippen LogP contribution is -2.28. The molecule has 4 nitrogen and oxygen atoms in total. The number of rotatable bonds is 5. The molecule has 1 rings (SSSR count). The number of carbonyl (C=O) groups excluding carboxylic acids is 1. The molecule has 0 aliphatic heterocycles. The number of nitrogens with two attached hydrogens (primary N) is 1. The minimum absolute atomic E-state index is 0.103. The van der Waals surface area contributed by atoms with Crippen LogP contribution in [0.1, 0.15) is 19.4 Å². The lowest BCUT2D eigenvalue weighted by molar-refractivity contribution is -0.145. The highest BCUT2D eigenvalue weighted by Crippen LogP contribution is 2.14. The molecule has 1 aromatic carbocycles. The summed E-state index contributed by atoms with van der Waals surface area (Å²) >= 11 is 4.92. The zero-order chi connectivity index (χ0) is 13.7. The van der Waals surface area contributed by atoms with Gasteiger partial charge in [0, 0.05) is 18.3 Å². The van der Waals surface area contributed by atoms with Crippen molar-refractivity contribution in [3.8, 4) is 0 Å². The predicted molar refractivity (Wildman–Crippen MR) is 76.8 cm³/mol. The van der Waals surface area contributed by atoms with E-state index in [1.807, 2.05) is 45.2 Å². The van der Waals surface area contributed by atoms with Crippen molar-refractivity contribution in [3.63, 3.8) is 0 Å². The summed E-state index contributed by atoms with van der Waals surface area (Å²) in [6, 6.07) is 7.44. The summed E-state index contributed by atoms with van der Waals surface area (Å²) in [6.45, 7) is 3.84. The summed E-state index contributed by atoms with van der Waals surface area (Å²) in [4.78, 5) is 13.7. The Kier molecular flexibility index (Phi) is 5.09. The molecule has 5 heteroatoms. The van der Waals surface area contributed by atoms with E-state index in [2.05, 4.69) is 0 Å². The first-order valence-electron chi connectivity index (χ1n) is 5.70. The number of benzene rings is 1. The molecule has 0 aromatic heterocycles. The molecule has 1 aromatic rings. The zero-order valence-corrected chi connectivity index (χ0v) is 11.7. The van der Waals surface area contributed by atoms with E-state index in [0.717, 1.165) is 11.3 Å². The Balaban J connectivity index is 2.72. The van der Waals surface area contributed by atoms with Gasteiger partial charge in [0.15, 0.2) is 0 Å². The first kappa shape index (κ1) is 14.4. The quantitative estimate of drug-likeness (QED) is 0.649. The highest BCUT2D eigenvalue weighted by molar-refractivity contribution is 7.80. The second-order valence-corrected chi connectivity index (χ2v) is 4.75. The van der Waals surface area contributed by atoms with E-state index in [0.29, 0.717) is 4.99 Å². The molecule has 98 valence electrons. The van der Waals surface area contributed by atoms with E-state index in [9.17, 15) is 4.79 Å². The molecule has 0 saturated carbocycles. The van der Waals surface area contributed by atoms with Crippen molar-refractivity contribution in [1.82, 2.24) is 0 Å². The molecule has 0 radical (unpaired) electrons. The topological polar surface area (TPSA) is 55.6 Å². The fourth-order valence-electron chi connectivity index (χ4n) is 1.48. The van der Waals surface area contributed by atoms with Crippen molar-refractivity contribution in [2.75, 3.05) is 18.5 Å². The molecule has 0 bridgehead atoms. The van der Waals surface area contributed by atoms with Crippen LogP contribution in [0.25, 0.3) is 0 Å². The third-order valence-corrected chi connectivity index (χ3v) is 2.54. The second-order valence-electron chi connectivity index (χ2n) is 4.31. The van der Waals surface area contributed by atoms with Gasteiger partial charge >= 0.3 is 5.97 Å². The van der Waals surface area contributed by atoms with Crippen LogP contribution in [0.4, 0.5) is 5.69 Å². The number of anilines is 1. The largest absolute Gasteiger partial charge is 0.462 e. The third-order valence-electron chi connectivity index (χ3n) is 2.30. The Labute approximate surface area is 113 Å². The Hall–Kier alpha value is -1.62. The molecule has 0 heterocycles. The minimum atomic E-state index is -0.256. The average Bonchev–Trinajstić information content (AvgIpc) is 2.27. The van der Waals surface area contributed by atoms with E-state index >= 15 is 0 Å². The fourth-order valence-corrected chi connectivity index (χ4v) is 1.61. The smallest absolute Gasteiger partial charge is 0.325 e. The highest BCUT2D eigenvalue weighted by atomic mass is 32.1. The second kappa shape index (κ2) is 6.35. The molecular formula is C13H18N2O2S. The maximum absolute atomic E-state index is 11.5. The summed E-state index contributed by atoms with van der Waals surface area (Å²) in [7, 11) is 1.82. The standard InChI is InChI=1S/C13H18N2O2S/c1-9(2)17-12(16)8-15(3)11-6-4-5-10(7-11)13(14)18/h4-7,9H,8H2,1-3H3,(H2,14,18). The number of esters is 1. The maximum Gasteiger partial charge on any atom is 0.325 e. The SMILES string of the molecule is CC(C)OC(=O)CN(C)c1cccc(C(N)=S)c1. The van der Waals surface area contributed by atoms with Crippen LogP contribution in [0.15, 0.2) is 24.3 Å². The van der Waals surface area contributed by atoms with Gasteiger partial charge in [0.05, 0.1) is 6.10 Å². The van der Waals surface area contributed by atoms with Crippen molar-refractivity contribution >= 4 is 28.9 Å². The van der Waals surface area contributed by atoms with Gasteiger partial charge in [-0.05, 0) is 26.0 Å². The van der Waals surface area contributed by atoms with Gasteiger partial charge in [0.1, 0.15) is 11.5 Å². The van der Waals surface area contributed by atoms with Crippen LogP contribution in [-0.4, -0.2) is 30.7 Å². The lowest BCUT2D eigenvalue weighted by atomic mass is 10.2.